The second-order valence-electron chi connectivity index (χ2n) is 6.78. The second-order valence-corrected chi connectivity index (χ2v) is 7.60. The summed E-state index contributed by atoms with van der Waals surface area (Å²) >= 11 is 11.9. The summed E-state index contributed by atoms with van der Waals surface area (Å²) in [6.45, 7) is 0.660. The molecular weight excluding hydrogens is 405 g/mol. The number of ether oxygens (including phenoxy) is 1. The third-order valence-corrected chi connectivity index (χ3v) is 5.70. The molecule has 0 saturated heterocycles. The van der Waals surface area contributed by atoms with Crippen molar-refractivity contribution in [3.63, 3.8) is 0 Å². The number of alkyl carbamates (subject to hydrolysis) is 1. The summed E-state index contributed by atoms with van der Waals surface area (Å²) in [5.41, 5.74) is 5.72. The van der Waals surface area contributed by atoms with E-state index in [1.165, 1.54) is 22.3 Å². The number of nitrogens with one attached hydrogen (secondary N) is 1. The van der Waals surface area contributed by atoms with Gasteiger partial charge in [-0.2, -0.15) is 0 Å². The van der Waals surface area contributed by atoms with Gasteiger partial charge >= 0.3 is 6.09 Å². The number of benzene rings is 3. The van der Waals surface area contributed by atoms with Crippen LogP contribution in [0.5, 0.6) is 0 Å². The van der Waals surface area contributed by atoms with Crippen LogP contribution in [0.2, 0.25) is 10.0 Å². The van der Waals surface area contributed by atoms with E-state index < -0.39 is 6.09 Å². The highest BCUT2D eigenvalue weighted by atomic mass is 35.5. The fourth-order valence-electron chi connectivity index (χ4n) is 3.60. The lowest BCUT2D eigenvalue weighted by Crippen LogP contribution is -2.26. The standard InChI is InChI=1S/C24H19Cl2NO2/c25-22-12-11-16(14-23(22)26)6-5-13-27-24(28)29-15-21-19-9-3-1-7-17(19)18-8-2-4-10-20(18)21/h1-12,14,21H,13,15H2,(H,27,28). The van der Waals surface area contributed by atoms with E-state index in [4.69, 9.17) is 27.9 Å². The quantitative estimate of drug-likeness (QED) is 0.505. The molecule has 3 aromatic carbocycles. The van der Waals surface area contributed by atoms with E-state index >= 15 is 0 Å². The number of hydrogen-bond acceptors (Lipinski definition) is 2. The van der Waals surface area contributed by atoms with Gasteiger partial charge < -0.3 is 10.1 Å². The zero-order valence-electron chi connectivity index (χ0n) is 15.6. The average molecular weight is 424 g/mol. The van der Waals surface area contributed by atoms with Gasteiger partial charge in [0.2, 0.25) is 0 Å². The highest BCUT2D eigenvalue weighted by Gasteiger charge is 2.28. The lowest BCUT2D eigenvalue weighted by atomic mass is 9.98. The first-order valence-electron chi connectivity index (χ1n) is 9.34. The number of carbonyl (C=O) groups is 1. The average Bonchev–Trinajstić information content (AvgIpc) is 3.06. The van der Waals surface area contributed by atoms with Crippen molar-refractivity contribution in [3.8, 4) is 11.1 Å². The first-order chi connectivity index (χ1) is 14.1. The highest BCUT2D eigenvalue weighted by molar-refractivity contribution is 6.42. The Morgan fingerprint density at radius 2 is 1.59 bits per heavy atom. The van der Waals surface area contributed by atoms with Crippen LogP contribution in [-0.2, 0) is 4.74 Å². The summed E-state index contributed by atoms with van der Waals surface area (Å²) in [6.07, 6.45) is 3.26. The summed E-state index contributed by atoms with van der Waals surface area (Å²) in [5, 5.41) is 3.76. The molecule has 1 aliphatic carbocycles. The molecule has 0 heterocycles. The molecule has 4 rings (SSSR count). The first-order valence-corrected chi connectivity index (χ1v) is 10.1. The van der Waals surface area contributed by atoms with Gasteiger partial charge in [-0.1, -0.05) is 90.0 Å². The smallest absolute Gasteiger partial charge is 0.407 e. The normalized spacial score (nSPS) is 12.6. The van der Waals surface area contributed by atoms with Crippen molar-refractivity contribution in [3.05, 3.63) is 99.5 Å². The van der Waals surface area contributed by atoms with E-state index in [9.17, 15) is 4.79 Å². The molecule has 1 amide bonds. The summed E-state index contributed by atoms with van der Waals surface area (Å²) in [5.74, 6) is 0.0555. The lowest BCUT2D eigenvalue weighted by molar-refractivity contribution is 0.144. The Balaban J connectivity index is 1.33. The molecule has 0 fully saturated rings. The largest absolute Gasteiger partial charge is 0.449 e. The van der Waals surface area contributed by atoms with Crippen LogP contribution in [0.25, 0.3) is 17.2 Å². The zero-order chi connectivity index (χ0) is 20.2. The van der Waals surface area contributed by atoms with Crippen molar-refractivity contribution in [2.75, 3.05) is 13.2 Å². The van der Waals surface area contributed by atoms with Crippen LogP contribution in [0.4, 0.5) is 4.79 Å². The van der Waals surface area contributed by atoms with Crippen LogP contribution in [0, 0.1) is 0 Å². The van der Waals surface area contributed by atoms with E-state index in [0.717, 1.165) is 5.56 Å². The van der Waals surface area contributed by atoms with Gasteiger partial charge in [-0.25, -0.2) is 4.79 Å². The Morgan fingerprint density at radius 3 is 2.24 bits per heavy atom. The zero-order valence-corrected chi connectivity index (χ0v) is 17.1. The van der Waals surface area contributed by atoms with Crippen molar-refractivity contribution in [1.29, 1.82) is 0 Å². The Bertz CT molecular complexity index is 1030. The number of halogens is 2. The molecule has 0 spiro atoms. The second kappa shape index (κ2) is 8.73. The molecule has 0 atom stereocenters. The maximum absolute atomic E-state index is 12.1. The van der Waals surface area contributed by atoms with Crippen molar-refractivity contribution >= 4 is 35.4 Å². The number of amides is 1. The van der Waals surface area contributed by atoms with E-state index in [1.54, 1.807) is 12.1 Å². The van der Waals surface area contributed by atoms with Crippen molar-refractivity contribution < 1.29 is 9.53 Å². The Morgan fingerprint density at radius 1 is 0.931 bits per heavy atom. The van der Waals surface area contributed by atoms with Crippen molar-refractivity contribution in [2.45, 2.75) is 5.92 Å². The van der Waals surface area contributed by atoms with Crippen LogP contribution < -0.4 is 5.32 Å². The number of rotatable bonds is 5. The Hall–Kier alpha value is -2.75. The summed E-state index contributed by atoms with van der Waals surface area (Å²) in [7, 11) is 0. The third kappa shape index (κ3) is 4.31. The lowest BCUT2D eigenvalue weighted by Gasteiger charge is -2.14. The molecule has 3 aromatic rings. The first kappa shape index (κ1) is 19.6. The Kier molecular flexibility index (Phi) is 5.89. The minimum Gasteiger partial charge on any atom is -0.449 e. The minimum atomic E-state index is -0.439. The molecule has 3 nitrogen and oxygen atoms in total. The van der Waals surface area contributed by atoms with Gasteiger partial charge in [-0.05, 0) is 39.9 Å². The number of hydrogen-bond donors (Lipinski definition) is 1. The predicted molar refractivity (Wildman–Crippen MR) is 119 cm³/mol. The summed E-state index contributed by atoms with van der Waals surface area (Å²) < 4.78 is 5.50. The topological polar surface area (TPSA) is 38.3 Å². The monoisotopic (exact) mass is 423 g/mol. The van der Waals surface area contributed by atoms with Gasteiger partial charge in [0.15, 0.2) is 0 Å². The van der Waals surface area contributed by atoms with Gasteiger partial charge in [0, 0.05) is 12.5 Å². The van der Waals surface area contributed by atoms with Crippen LogP contribution >= 0.6 is 23.2 Å². The van der Waals surface area contributed by atoms with Crippen LogP contribution in [0.1, 0.15) is 22.6 Å². The molecular formula is C24H19Cl2NO2. The van der Waals surface area contributed by atoms with Crippen LogP contribution in [0.3, 0.4) is 0 Å². The van der Waals surface area contributed by atoms with Gasteiger partial charge in [0.25, 0.3) is 0 Å². The molecule has 0 unspecified atom stereocenters. The number of carbonyl (C=O) groups excluding carboxylic acids is 1. The SMILES string of the molecule is O=C(NCC=Cc1ccc(Cl)c(Cl)c1)OCC1c2ccccc2-c2ccccc21. The molecule has 29 heavy (non-hydrogen) atoms. The van der Waals surface area contributed by atoms with Crippen LogP contribution in [-0.4, -0.2) is 19.2 Å². The van der Waals surface area contributed by atoms with Gasteiger partial charge in [0.05, 0.1) is 10.0 Å². The minimum absolute atomic E-state index is 0.0555. The molecule has 0 bridgehead atoms. The molecule has 1 aliphatic rings. The summed E-state index contributed by atoms with van der Waals surface area (Å²) in [6, 6.07) is 21.9. The van der Waals surface area contributed by atoms with E-state index in [1.807, 2.05) is 42.5 Å². The molecule has 0 radical (unpaired) electrons. The molecule has 146 valence electrons. The predicted octanol–water partition coefficient (Wildman–Crippen LogP) is 6.55. The van der Waals surface area contributed by atoms with E-state index in [-0.39, 0.29) is 5.92 Å². The van der Waals surface area contributed by atoms with Gasteiger partial charge in [-0.15, -0.1) is 0 Å². The molecule has 1 N–H and O–H groups in total. The third-order valence-electron chi connectivity index (χ3n) is 4.96. The molecule has 0 saturated carbocycles. The van der Waals surface area contributed by atoms with Crippen molar-refractivity contribution in [2.24, 2.45) is 0 Å². The highest BCUT2D eigenvalue weighted by Crippen LogP contribution is 2.44. The van der Waals surface area contributed by atoms with E-state index in [0.29, 0.717) is 23.2 Å². The summed E-state index contributed by atoms with van der Waals surface area (Å²) in [4.78, 5) is 12.1. The molecule has 0 aromatic heterocycles. The molecule has 5 heteroatoms. The van der Waals surface area contributed by atoms with Gasteiger partial charge in [0.1, 0.15) is 6.61 Å². The Labute approximate surface area is 179 Å². The van der Waals surface area contributed by atoms with Gasteiger partial charge in [-0.3, -0.25) is 0 Å². The maximum Gasteiger partial charge on any atom is 0.407 e. The maximum atomic E-state index is 12.1. The number of fused-ring (bicyclic) bond motifs is 3. The van der Waals surface area contributed by atoms with E-state index in [2.05, 4.69) is 29.6 Å². The fraction of sp³-hybridized carbons (Fsp3) is 0.125. The fourth-order valence-corrected chi connectivity index (χ4v) is 3.91. The van der Waals surface area contributed by atoms with Crippen molar-refractivity contribution in [1.82, 2.24) is 5.32 Å². The van der Waals surface area contributed by atoms with Crippen LogP contribution in [0.15, 0.2) is 72.8 Å². The molecule has 0 aliphatic heterocycles.